The predicted octanol–water partition coefficient (Wildman–Crippen LogP) is 3.85. The van der Waals surface area contributed by atoms with Gasteiger partial charge in [-0.3, -0.25) is 4.79 Å². The number of ketones is 1. The Morgan fingerprint density at radius 3 is 2.70 bits per heavy atom. The van der Waals surface area contributed by atoms with Gasteiger partial charge in [0, 0.05) is 18.0 Å². The first-order valence-corrected chi connectivity index (χ1v) is 8.98. The van der Waals surface area contributed by atoms with Crippen LogP contribution in [0.15, 0.2) is 58.2 Å². The minimum Gasteiger partial charge on any atom is -0.454 e. The SMILES string of the molecule is Cc1cc(CSc2ncccc2C(=O)OCC(=O)c2ccccc2F)no1. The number of pyridine rings is 1. The third kappa shape index (κ3) is 4.79. The van der Waals surface area contributed by atoms with Crippen LogP contribution in [0.3, 0.4) is 0 Å². The molecule has 6 nitrogen and oxygen atoms in total. The lowest BCUT2D eigenvalue weighted by molar-refractivity contribution is 0.0469. The van der Waals surface area contributed by atoms with Crippen LogP contribution in [0.25, 0.3) is 0 Å². The van der Waals surface area contributed by atoms with Gasteiger partial charge in [-0.15, -0.1) is 0 Å². The molecule has 0 radical (unpaired) electrons. The van der Waals surface area contributed by atoms with Crippen molar-refractivity contribution in [1.82, 2.24) is 10.1 Å². The number of halogens is 1. The first-order chi connectivity index (χ1) is 13.0. The Labute approximate surface area is 158 Å². The van der Waals surface area contributed by atoms with E-state index in [0.29, 0.717) is 16.5 Å². The molecule has 0 saturated heterocycles. The Hall–Kier alpha value is -3.00. The van der Waals surface area contributed by atoms with Gasteiger partial charge in [-0.05, 0) is 31.2 Å². The van der Waals surface area contributed by atoms with Crippen molar-refractivity contribution in [3.05, 3.63) is 77.1 Å². The number of esters is 1. The molecule has 0 bridgehead atoms. The Balaban J connectivity index is 1.64. The maximum Gasteiger partial charge on any atom is 0.341 e. The van der Waals surface area contributed by atoms with E-state index in [9.17, 15) is 14.0 Å². The zero-order chi connectivity index (χ0) is 19.2. The van der Waals surface area contributed by atoms with Crippen molar-refractivity contribution in [3.63, 3.8) is 0 Å². The van der Waals surface area contributed by atoms with Crippen LogP contribution in [0, 0.1) is 12.7 Å². The lowest BCUT2D eigenvalue weighted by atomic mass is 10.1. The molecule has 1 aromatic carbocycles. The highest BCUT2D eigenvalue weighted by molar-refractivity contribution is 7.98. The van der Waals surface area contributed by atoms with Gasteiger partial charge in [-0.25, -0.2) is 14.2 Å². The number of nitrogens with zero attached hydrogens (tertiary/aromatic N) is 2. The molecular weight excluding hydrogens is 371 g/mol. The van der Waals surface area contributed by atoms with Crippen molar-refractivity contribution < 1.29 is 23.2 Å². The third-order valence-corrected chi connectivity index (χ3v) is 4.57. The summed E-state index contributed by atoms with van der Waals surface area (Å²) in [4.78, 5) is 28.6. The predicted molar refractivity (Wildman–Crippen MR) is 96.1 cm³/mol. The Morgan fingerprint density at radius 1 is 1.19 bits per heavy atom. The summed E-state index contributed by atoms with van der Waals surface area (Å²) in [6.45, 7) is 1.23. The van der Waals surface area contributed by atoms with Gasteiger partial charge >= 0.3 is 5.97 Å². The van der Waals surface area contributed by atoms with Crippen molar-refractivity contribution in [3.8, 4) is 0 Å². The van der Waals surface area contributed by atoms with Gasteiger partial charge in [0.25, 0.3) is 0 Å². The summed E-state index contributed by atoms with van der Waals surface area (Å²) in [7, 11) is 0. The average Bonchev–Trinajstić information content (AvgIpc) is 3.10. The minimum atomic E-state index is -0.702. The molecule has 0 unspecified atom stereocenters. The molecule has 2 heterocycles. The number of hydrogen-bond acceptors (Lipinski definition) is 7. The van der Waals surface area contributed by atoms with E-state index in [4.69, 9.17) is 9.26 Å². The van der Waals surface area contributed by atoms with E-state index >= 15 is 0 Å². The number of Topliss-reactive ketones (excluding diaryl/α,β-unsaturated/α-hetero) is 1. The number of aryl methyl sites for hydroxylation is 1. The van der Waals surface area contributed by atoms with Crippen molar-refractivity contribution in [2.45, 2.75) is 17.7 Å². The number of ether oxygens (including phenoxy) is 1. The molecule has 3 aromatic rings. The fourth-order valence-corrected chi connectivity index (χ4v) is 3.13. The van der Waals surface area contributed by atoms with E-state index in [1.165, 1.54) is 30.0 Å². The van der Waals surface area contributed by atoms with E-state index in [2.05, 4.69) is 10.1 Å². The Bertz CT molecular complexity index is 974. The van der Waals surface area contributed by atoms with Gasteiger partial charge in [0.15, 0.2) is 6.61 Å². The number of benzene rings is 1. The summed E-state index contributed by atoms with van der Waals surface area (Å²) in [6, 6.07) is 10.5. The van der Waals surface area contributed by atoms with Crippen LogP contribution in [0.2, 0.25) is 0 Å². The maximum atomic E-state index is 13.6. The monoisotopic (exact) mass is 386 g/mol. The fraction of sp³-hybridized carbons (Fsp3) is 0.158. The molecule has 0 N–H and O–H groups in total. The molecule has 3 rings (SSSR count). The average molecular weight is 386 g/mol. The highest BCUT2D eigenvalue weighted by atomic mass is 32.2. The van der Waals surface area contributed by atoms with Crippen LogP contribution in [-0.4, -0.2) is 28.5 Å². The zero-order valence-electron chi connectivity index (χ0n) is 14.3. The van der Waals surface area contributed by atoms with E-state index < -0.39 is 24.2 Å². The quantitative estimate of drug-likeness (QED) is 0.346. The largest absolute Gasteiger partial charge is 0.454 e. The Morgan fingerprint density at radius 2 is 1.96 bits per heavy atom. The summed E-state index contributed by atoms with van der Waals surface area (Å²) >= 11 is 1.30. The number of hydrogen-bond donors (Lipinski definition) is 0. The second kappa shape index (κ2) is 8.59. The van der Waals surface area contributed by atoms with Crippen LogP contribution in [0.5, 0.6) is 0 Å². The molecule has 0 saturated carbocycles. The number of aromatic nitrogens is 2. The number of carbonyl (C=O) groups excluding carboxylic acids is 2. The second-order valence-electron chi connectivity index (χ2n) is 5.55. The van der Waals surface area contributed by atoms with Gasteiger partial charge in [0.05, 0.1) is 16.8 Å². The standard InChI is InChI=1S/C19H15FN2O4S/c1-12-9-13(22-26-12)11-27-18-15(6-4-8-21-18)19(24)25-10-17(23)14-5-2-3-7-16(14)20/h2-9H,10-11H2,1H3. The molecule has 27 heavy (non-hydrogen) atoms. The summed E-state index contributed by atoms with van der Waals surface area (Å²) in [5.41, 5.74) is 0.828. The van der Waals surface area contributed by atoms with Crippen LogP contribution in [0.1, 0.15) is 32.2 Å². The zero-order valence-corrected chi connectivity index (χ0v) is 15.2. The van der Waals surface area contributed by atoms with Gasteiger partial charge in [0.2, 0.25) is 5.78 Å². The minimum absolute atomic E-state index is 0.118. The first-order valence-electron chi connectivity index (χ1n) is 7.99. The molecule has 138 valence electrons. The topological polar surface area (TPSA) is 82.3 Å². The summed E-state index contributed by atoms with van der Waals surface area (Å²) in [6.07, 6.45) is 1.55. The Kier molecular flexibility index (Phi) is 5.97. The van der Waals surface area contributed by atoms with E-state index in [0.717, 1.165) is 5.69 Å². The number of thioether (sulfide) groups is 1. The number of rotatable bonds is 7. The highest BCUT2D eigenvalue weighted by Gasteiger charge is 2.18. The van der Waals surface area contributed by atoms with Gasteiger partial charge in [0.1, 0.15) is 16.6 Å². The van der Waals surface area contributed by atoms with E-state index in [-0.39, 0.29) is 11.1 Å². The maximum absolute atomic E-state index is 13.6. The fourth-order valence-electron chi connectivity index (χ4n) is 2.26. The van der Waals surface area contributed by atoms with Crippen molar-refractivity contribution in [2.24, 2.45) is 0 Å². The van der Waals surface area contributed by atoms with Gasteiger partial charge < -0.3 is 9.26 Å². The van der Waals surface area contributed by atoms with Crippen molar-refractivity contribution >= 4 is 23.5 Å². The third-order valence-electron chi connectivity index (χ3n) is 3.53. The lowest BCUT2D eigenvalue weighted by Crippen LogP contribution is -2.16. The van der Waals surface area contributed by atoms with Gasteiger partial charge in [-0.1, -0.05) is 29.1 Å². The smallest absolute Gasteiger partial charge is 0.341 e. The molecule has 0 amide bonds. The summed E-state index contributed by atoms with van der Waals surface area (Å²) in [5, 5.41) is 4.33. The normalized spacial score (nSPS) is 10.6. The van der Waals surface area contributed by atoms with Crippen molar-refractivity contribution in [2.75, 3.05) is 6.61 Å². The molecule has 2 aromatic heterocycles. The van der Waals surface area contributed by atoms with Crippen molar-refractivity contribution in [1.29, 1.82) is 0 Å². The molecule has 0 atom stereocenters. The molecule has 0 aliphatic carbocycles. The first kappa shape index (κ1) is 18.8. The second-order valence-corrected chi connectivity index (χ2v) is 6.52. The molecule has 0 spiro atoms. The molecular formula is C19H15FN2O4S. The summed E-state index contributed by atoms with van der Waals surface area (Å²) < 4.78 is 23.7. The van der Waals surface area contributed by atoms with Crippen LogP contribution in [0.4, 0.5) is 4.39 Å². The number of carbonyl (C=O) groups is 2. The summed E-state index contributed by atoms with van der Waals surface area (Å²) in [5.74, 6) is -0.816. The van der Waals surface area contributed by atoms with Gasteiger partial charge in [-0.2, -0.15) is 0 Å². The molecule has 0 fully saturated rings. The molecule has 8 heteroatoms. The van der Waals surface area contributed by atoms with Crippen LogP contribution in [-0.2, 0) is 10.5 Å². The lowest BCUT2D eigenvalue weighted by Gasteiger charge is -2.08. The highest BCUT2D eigenvalue weighted by Crippen LogP contribution is 2.24. The van der Waals surface area contributed by atoms with Crippen LogP contribution < -0.4 is 0 Å². The van der Waals surface area contributed by atoms with E-state index in [1.54, 1.807) is 37.4 Å². The molecule has 0 aliphatic heterocycles. The van der Waals surface area contributed by atoms with E-state index in [1.807, 2.05) is 0 Å². The molecule has 0 aliphatic rings. The van der Waals surface area contributed by atoms with Crippen LogP contribution >= 0.6 is 11.8 Å².